The monoisotopic (exact) mass is 216 g/mol. The molecule has 1 N–H and O–H groups in total. The number of aromatic nitrogens is 2. The quantitative estimate of drug-likeness (QED) is 0.838. The summed E-state index contributed by atoms with van der Waals surface area (Å²) in [5.41, 5.74) is 1.79. The first-order valence-electron chi connectivity index (χ1n) is 4.99. The molecule has 1 aromatic rings. The Labute approximate surface area is 89.7 Å². The molecule has 0 fully saturated rings. The minimum Gasteiger partial charge on any atom is -0.393 e. The molecular formula is C10H17ClN2O. The minimum absolute atomic E-state index is 0.325. The first kappa shape index (κ1) is 11.5. The highest BCUT2D eigenvalue weighted by Gasteiger charge is 2.15. The molecule has 0 aliphatic carbocycles. The molecular weight excluding hydrogens is 200 g/mol. The van der Waals surface area contributed by atoms with Crippen LogP contribution in [0.15, 0.2) is 0 Å². The summed E-state index contributed by atoms with van der Waals surface area (Å²) in [5, 5.41) is 14.5. The molecule has 4 heteroatoms. The molecule has 1 aromatic heterocycles. The van der Waals surface area contributed by atoms with Crippen LogP contribution >= 0.6 is 11.6 Å². The fraction of sp³-hybridized carbons (Fsp3) is 0.700. The zero-order chi connectivity index (χ0) is 10.7. The Balaban J connectivity index is 2.93. The molecule has 0 aromatic carbocycles. The van der Waals surface area contributed by atoms with Gasteiger partial charge < -0.3 is 5.11 Å². The summed E-state index contributed by atoms with van der Waals surface area (Å²) < 4.78 is 1.86. The van der Waals surface area contributed by atoms with Crippen molar-refractivity contribution in [3.05, 3.63) is 16.4 Å². The molecule has 1 heterocycles. The molecule has 0 amide bonds. The van der Waals surface area contributed by atoms with Gasteiger partial charge in [0.05, 0.1) is 22.5 Å². The van der Waals surface area contributed by atoms with Crippen LogP contribution < -0.4 is 0 Å². The van der Waals surface area contributed by atoms with Gasteiger partial charge in [-0.05, 0) is 20.3 Å². The molecule has 0 aliphatic heterocycles. The molecule has 3 nitrogen and oxygen atoms in total. The van der Waals surface area contributed by atoms with Crippen molar-refractivity contribution < 1.29 is 5.11 Å². The van der Waals surface area contributed by atoms with Gasteiger partial charge in [0.25, 0.3) is 0 Å². The summed E-state index contributed by atoms with van der Waals surface area (Å²) in [6.07, 6.45) is 1.00. The third-order valence-corrected chi connectivity index (χ3v) is 2.84. The first-order valence-corrected chi connectivity index (χ1v) is 5.37. The van der Waals surface area contributed by atoms with Crippen LogP contribution in [0.3, 0.4) is 0 Å². The van der Waals surface area contributed by atoms with E-state index in [1.807, 2.05) is 25.5 Å². The van der Waals surface area contributed by atoms with E-state index in [0.717, 1.165) is 24.4 Å². The Hall–Kier alpha value is -0.540. The van der Waals surface area contributed by atoms with Gasteiger partial charge in [-0.15, -0.1) is 0 Å². The third-order valence-electron chi connectivity index (χ3n) is 2.35. The van der Waals surface area contributed by atoms with Crippen LogP contribution in [0.4, 0.5) is 0 Å². The van der Waals surface area contributed by atoms with Crippen LogP contribution in [0.2, 0.25) is 5.02 Å². The highest BCUT2D eigenvalue weighted by molar-refractivity contribution is 6.31. The van der Waals surface area contributed by atoms with Gasteiger partial charge >= 0.3 is 0 Å². The number of hydrogen-bond acceptors (Lipinski definition) is 2. The van der Waals surface area contributed by atoms with Crippen molar-refractivity contribution in [1.82, 2.24) is 9.78 Å². The lowest BCUT2D eigenvalue weighted by Crippen LogP contribution is -2.13. The van der Waals surface area contributed by atoms with Gasteiger partial charge in [-0.3, -0.25) is 4.68 Å². The van der Waals surface area contributed by atoms with E-state index in [1.54, 1.807) is 0 Å². The maximum Gasteiger partial charge on any atom is 0.0848 e. The SMILES string of the molecule is CCC(O)Cc1c(Cl)c(C)nn1CC. The summed E-state index contributed by atoms with van der Waals surface area (Å²) in [7, 11) is 0. The van der Waals surface area contributed by atoms with Gasteiger partial charge in [0.2, 0.25) is 0 Å². The third kappa shape index (κ3) is 2.28. The van der Waals surface area contributed by atoms with Crippen LogP contribution in [-0.2, 0) is 13.0 Å². The van der Waals surface area contributed by atoms with Crippen molar-refractivity contribution in [1.29, 1.82) is 0 Å². The van der Waals surface area contributed by atoms with Gasteiger partial charge in [0.1, 0.15) is 0 Å². The van der Waals surface area contributed by atoms with E-state index >= 15 is 0 Å². The van der Waals surface area contributed by atoms with Crippen LogP contribution in [0.25, 0.3) is 0 Å². The molecule has 14 heavy (non-hydrogen) atoms. The van der Waals surface area contributed by atoms with E-state index in [2.05, 4.69) is 5.10 Å². The first-order chi connectivity index (χ1) is 6.60. The van der Waals surface area contributed by atoms with Gasteiger partial charge in [0, 0.05) is 13.0 Å². The van der Waals surface area contributed by atoms with Crippen molar-refractivity contribution in [3.8, 4) is 0 Å². The predicted octanol–water partition coefficient (Wildman–Crippen LogP) is 2.18. The molecule has 1 atom stereocenters. The zero-order valence-corrected chi connectivity index (χ0v) is 9.67. The predicted molar refractivity (Wildman–Crippen MR) is 57.6 cm³/mol. The van der Waals surface area contributed by atoms with Crippen LogP contribution in [0.1, 0.15) is 31.7 Å². The molecule has 0 radical (unpaired) electrons. The highest BCUT2D eigenvalue weighted by atomic mass is 35.5. The highest BCUT2D eigenvalue weighted by Crippen LogP contribution is 2.21. The van der Waals surface area contributed by atoms with E-state index in [9.17, 15) is 5.11 Å². The molecule has 1 rings (SSSR count). The minimum atomic E-state index is -0.325. The Kier molecular flexibility index (Phi) is 3.96. The van der Waals surface area contributed by atoms with Crippen molar-refractivity contribution in [2.45, 2.75) is 46.3 Å². The number of halogens is 1. The lowest BCUT2D eigenvalue weighted by atomic mass is 10.1. The second-order valence-electron chi connectivity index (χ2n) is 3.43. The molecule has 0 aliphatic rings. The number of aryl methyl sites for hydroxylation is 2. The van der Waals surface area contributed by atoms with Gasteiger partial charge in [-0.1, -0.05) is 18.5 Å². The lowest BCUT2D eigenvalue weighted by molar-refractivity contribution is 0.168. The van der Waals surface area contributed by atoms with E-state index < -0.39 is 0 Å². The van der Waals surface area contributed by atoms with E-state index in [-0.39, 0.29) is 6.10 Å². The molecule has 0 saturated heterocycles. The fourth-order valence-electron chi connectivity index (χ4n) is 1.43. The Morgan fingerprint density at radius 1 is 1.50 bits per heavy atom. The number of rotatable bonds is 4. The summed E-state index contributed by atoms with van der Waals surface area (Å²) >= 11 is 6.10. The zero-order valence-electron chi connectivity index (χ0n) is 8.92. The summed E-state index contributed by atoms with van der Waals surface area (Å²) in [6.45, 7) is 6.65. The number of nitrogens with zero attached hydrogens (tertiary/aromatic N) is 2. The Morgan fingerprint density at radius 2 is 2.14 bits per heavy atom. The largest absolute Gasteiger partial charge is 0.393 e. The molecule has 0 saturated carbocycles. The molecule has 0 bridgehead atoms. The van der Waals surface area contributed by atoms with Gasteiger partial charge in [0.15, 0.2) is 0 Å². The Bertz CT molecular complexity index is 309. The summed E-state index contributed by atoms with van der Waals surface area (Å²) in [5.74, 6) is 0. The topological polar surface area (TPSA) is 38.1 Å². The normalized spacial score (nSPS) is 13.2. The lowest BCUT2D eigenvalue weighted by Gasteiger charge is -2.09. The van der Waals surface area contributed by atoms with Crippen molar-refractivity contribution in [2.24, 2.45) is 0 Å². The maximum atomic E-state index is 9.57. The van der Waals surface area contributed by atoms with E-state index in [4.69, 9.17) is 11.6 Å². The standard InChI is InChI=1S/C10H17ClN2O/c1-4-8(14)6-9-10(11)7(3)12-13(9)5-2/h8,14H,4-6H2,1-3H3. The fourth-order valence-corrected chi connectivity index (χ4v) is 1.64. The average molecular weight is 217 g/mol. The van der Waals surface area contributed by atoms with Crippen LogP contribution in [0, 0.1) is 6.92 Å². The molecule has 80 valence electrons. The summed E-state index contributed by atoms with van der Waals surface area (Å²) in [4.78, 5) is 0. The van der Waals surface area contributed by atoms with Crippen molar-refractivity contribution in [2.75, 3.05) is 0 Å². The van der Waals surface area contributed by atoms with E-state index in [0.29, 0.717) is 11.4 Å². The van der Waals surface area contributed by atoms with Gasteiger partial charge in [-0.2, -0.15) is 5.10 Å². The Morgan fingerprint density at radius 3 is 2.64 bits per heavy atom. The van der Waals surface area contributed by atoms with E-state index in [1.165, 1.54) is 0 Å². The maximum absolute atomic E-state index is 9.57. The second-order valence-corrected chi connectivity index (χ2v) is 3.81. The smallest absolute Gasteiger partial charge is 0.0848 e. The van der Waals surface area contributed by atoms with Crippen LogP contribution in [0.5, 0.6) is 0 Å². The molecule has 0 spiro atoms. The molecule has 1 unspecified atom stereocenters. The van der Waals surface area contributed by atoms with Crippen molar-refractivity contribution in [3.63, 3.8) is 0 Å². The summed E-state index contributed by atoms with van der Waals surface area (Å²) in [6, 6.07) is 0. The van der Waals surface area contributed by atoms with Crippen molar-refractivity contribution >= 4 is 11.6 Å². The number of hydrogen-bond donors (Lipinski definition) is 1. The van der Waals surface area contributed by atoms with Crippen LogP contribution in [-0.4, -0.2) is 21.0 Å². The number of aliphatic hydroxyl groups is 1. The number of aliphatic hydroxyl groups excluding tert-OH is 1. The van der Waals surface area contributed by atoms with Gasteiger partial charge in [-0.25, -0.2) is 0 Å². The second kappa shape index (κ2) is 4.80. The average Bonchev–Trinajstić information content (AvgIpc) is 2.45.